The van der Waals surface area contributed by atoms with Gasteiger partial charge in [-0.2, -0.15) is 0 Å². The van der Waals surface area contributed by atoms with Gasteiger partial charge in [-0.3, -0.25) is 0 Å². The molecule has 1 aromatic heterocycles. The van der Waals surface area contributed by atoms with Crippen LogP contribution in [0.5, 0.6) is 0 Å². The largest absolute Gasteiger partial charge is 0.477 e. The van der Waals surface area contributed by atoms with Crippen molar-refractivity contribution < 1.29 is 19.4 Å². The minimum absolute atomic E-state index is 0.0514. The molecule has 2 aromatic rings. The second kappa shape index (κ2) is 7.43. The number of nitrogens with zero attached hydrogens (tertiary/aromatic N) is 3. The van der Waals surface area contributed by atoms with Gasteiger partial charge in [0.05, 0.1) is 12.7 Å². The average Bonchev–Trinajstić information content (AvgIpc) is 2.67. The van der Waals surface area contributed by atoms with Crippen LogP contribution in [0.4, 0.5) is 11.5 Å². The van der Waals surface area contributed by atoms with Gasteiger partial charge in [0.15, 0.2) is 5.69 Å². The highest BCUT2D eigenvalue weighted by Crippen LogP contribution is 2.23. The lowest BCUT2D eigenvalue weighted by atomic mass is 10.1. The Morgan fingerprint density at radius 3 is 2.50 bits per heavy atom. The third-order valence-electron chi connectivity index (χ3n) is 4.53. The van der Waals surface area contributed by atoms with Crippen molar-refractivity contribution in [1.29, 1.82) is 0 Å². The lowest BCUT2D eigenvalue weighted by Gasteiger charge is -2.41. The number of carboxylic acid groups (broad SMARTS) is 1. The first-order valence-corrected chi connectivity index (χ1v) is 8.40. The summed E-state index contributed by atoms with van der Waals surface area (Å²) in [7, 11) is 1.37. The molecule has 2 heterocycles. The highest BCUT2D eigenvalue weighted by molar-refractivity contribution is 5.89. The van der Waals surface area contributed by atoms with E-state index in [-0.39, 0.29) is 17.7 Å². The summed E-state index contributed by atoms with van der Waals surface area (Å²) in [6.07, 6.45) is 0. The number of hydrogen-bond donors (Lipinski definition) is 1. The summed E-state index contributed by atoms with van der Waals surface area (Å²) < 4.78 is 4.72. The Morgan fingerprint density at radius 1 is 1.15 bits per heavy atom. The first-order chi connectivity index (χ1) is 12.5. The molecule has 1 aliphatic rings. The molecule has 0 amide bonds. The number of aromatic nitrogens is 1. The molecule has 0 radical (unpaired) electrons. The van der Waals surface area contributed by atoms with E-state index in [4.69, 9.17) is 9.84 Å². The van der Waals surface area contributed by atoms with E-state index in [9.17, 15) is 9.59 Å². The zero-order valence-electron chi connectivity index (χ0n) is 14.8. The molecule has 1 saturated heterocycles. The van der Waals surface area contributed by atoms with E-state index in [0.717, 1.165) is 25.3 Å². The first kappa shape index (κ1) is 17.7. The van der Waals surface area contributed by atoms with Crippen LogP contribution in [0.15, 0.2) is 42.5 Å². The molecule has 7 nitrogen and oxygen atoms in total. The van der Waals surface area contributed by atoms with Crippen molar-refractivity contribution in [3.8, 4) is 0 Å². The molecule has 7 heteroatoms. The van der Waals surface area contributed by atoms with E-state index in [0.29, 0.717) is 11.4 Å². The highest BCUT2D eigenvalue weighted by atomic mass is 16.5. The van der Waals surface area contributed by atoms with E-state index in [2.05, 4.69) is 21.7 Å². The molecule has 1 unspecified atom stereocenters. The number of carboxylic acids is 1. The van der Waals surface area contributed by atoms with Crippen molar-refractivity contribution in [2.75, 3.05) is 36.5 Å². The number of aromatic carboxylic acids is 1. The van der Waals surface area contributed by atoms with E-state index < -0.39 is 5.97 Å². The fraction of sp³-hybridized carbons (Fsp3) is 0.316. The molecule has 26 heavy (non-hydrogen) atoms. The molecule has 136 valence electrons. The van der Waals surface area contributed by atoms with Crippen molar-refractivity contribution in [3.63, 3.8) is 0 Å². The predicted molar refractivity (Wildman–Crippen MR) is 98.0 cm³/mol. The van der Waals surface area contributed by atoms with E-state index in [1.165, 1.54) is 13.2 Å². The zero-order chi connectivity index (χ0) is 18.7. The summed E-state index contributed by atoms with van der Waals surface area (Å²) in [5.74, 6) is -0.693. The Bertz CT molecular complexity index is 807. The molecule has 0 aliphatic carbocycles. The maximum Gasteiger partial charge on any atom is 0.354 e. The minimum atomic E-state index is -1.02. The Labute approximate surface area is 151 Å². The fourth-order valence-electron chi connectivity index (χ4n) is 3.16. The maximum absolute atomic E-state index is 11.5. The Hall–Kier alpha value is -3.09. The molecular weight excluding hydrogens is 334 g/mol. The number of esters is 1. The topological polar surface area (TPSA) is 83.0 Å². The second-order valence-corrected chi connectivity index (χ2v) is 6.21. The monoisotopic (exact) mass is 355 g/mol. The normalized spacial score (nSPS) is 17.1. The van der Waals surface area contributed by atoms with Gasteiger partial charge in [-0.15, -0.1) is 0 Å². The van der Waals surface area contributed by atoms with Gasteiger partial charge in [0.1, 0.15) is 5.82 Å². The standard InChI is InChI=1S/C19H21N3O4/c1-13-12-21(15-8-6-14(7-9-15)19(25)26-2)10-11-22(13)17-5-3-4-16(20-17)18(23)24/h3-9,13H,10-12H2,1-2H3,(H,23,24). The summed E-state index contributed by atoms with van der Waals surface area (Å²) in [5.41, 5.74) is 1.62. The molecule has 0 bridgehead atoms. The van der Waals surface area contributed by atoms with Crippen molar-refractivity contribution >= 4 is 23.4 Å². The highest BCUT2D eigenvalue weighted by Gasteiger charge is 2.25. The van der Waals surface area contributed by atoms with Crippen molar-refractivity contribution in [2.45, 2.75) is 13.0 Å². The van der Waals surface area contributed by atoms with Crippen LogP contribution in [0.3, 0.4) is 0 Å². The number of carbonyl (C=O) groups excluding carboxylic acids is 1. The minimum Gasteiger partial charge on any atom is -0.477 e. The number of hydrogen-bond acceptors (Lipinski definition) is 6. The van der Waals surface area contributed by atoms with Crippen LogP contribution in [-0.2, 0) is 4.74 Å². The third-order valence-corrected chi connectivity index (χ3v) is 4.53. The third kappa shape index (κ3) is 3.61. The van der Waals surface area contributed by atoms with Crippen LogP contribution in [0.25, 0.3) is 0 Å². The number of methoxy groups -OCH3 is 1. The number of rotatable bonds is 4. The van der Waals surface area contributed by atoms with Crippen molar-refractivity contribution in [3.05, 3.63) is 53.7 Å². The van der Waals surface area contributed by atoms with Gasteiger partial charge >= 0.3 is 11.9 Å². The van der Waals surface area contributed by atoms with Crippen LogP contribution in [0, 0.1) is 0 Å². The van der Waals surface area contributed by atoms with Gasteiger partial charge < -0.3 is 19.6 Å². The summed E-state index contributed by atoms with van der Waals surface area (Å²) in [6.45, 7) is 4.37. The molecule has 0 saturated carbocycles. The number of piperazine rings is 1. The zero-order valence-corrected chi connectivity index (χ0v) is 14.8. The molecule has 0 spiro atoms. The van der Waals surface area contributed by atoms with Crippen LogP contribution in [-0.4, -0.2) is 54.8 Å². The van der Waals surface area contributed by atoms with Gasteiger partial charge in [-0.05, 0) is 43.3 Å². The second-order valence-electron chi connectivity index (χ2n) is 6.21. The number of anilines is 2. The predicted octanol–water partition coefficient (Wildman–Crippen LogP) is 2.28. The molecule has 3 rings (SSSR count). The molecule has 1 aliphatic heterocycles. The summed E-state index contributed by atoms with van der Waals surface area (Å²) in [5, 5.41) is 9.12. The lowest BCUT2D eigenvalue weighted by molar-refractivity contribution is 0.0599. The van der Waals surface area contributed by atoms with E-state index >= 15 is 0 Å². The quantitative estimate of drug-likeness (QED) is 0.843. The van der Waals surface area contributed by atoms with Gasteiger partial charge in [0, 0.05) is 31.4 Å². The molecule has 1 atom stereocenters. The Balaban J connectivity index is 1.71. The number of pyridine rings is 1. The van der Waals surface area contributed by atoms with Crippen molar-refractivity contribution in [2.24, 2.45) is 0 Å². The Morgan fingerprint density at radius 2 is 1.88 bits per heavy atom. The van der Waals surface area contributed by atoms with Crippen LogP contribution in [0.2, 0.25) is 0 Å². The molecular formula is C19H21N3O4. The maximum atomic E-state index is 11.5. The molecule has 1 aromatic carbocycles. The van der Waals surface area contributed by atoms with E-state index in [1.54, 1.807) is 18.2 Å². The van der Waals surface area contributed by atoms with E-state index in [1.807, 2.05) is 18.2 Å². The van der Waals surface area contributed by atoms with Gasteiger partial charge in [0.2, 0.25) is 0 Å². The average molecular weight is 355 g/mol. The summed E-state index contributed by atoms with van der Waals surface area (Å²) in [6, 6.07) is 12.6. The Kier molecular flexibility index (Phi) is 5.06. The molecule has 1 fully saturated rings. The SMILES string of the molecule is COC(=O)c1ccc(N2CCN(c3cccc(C(=O)O)n3)C(C)C2)cc1. The number of carbonyl (C=O) groups is 2. The van der Waals surface area contributed by atoms with Crippen LogP contribution in [0.1, 0.15) is 27.8 Å². The van der Waals surface area contributed by atoms with Gasteiger partial charge in [0.25, 0.3) is 0 Å². The number of ether oxygens (including phenoxy) is 1. The smallest absolute Gasteiger partial charge is 0.354 e. The molecule has 1 N–H and O–H groups in total. The van der Waals surface area contributed by atoms with Crippen LogP contribution >= 0.6 is 0 Å². The van der Waals surface area contributed by atoms with Crippen molar-refractivity contribution in [1.82, 2.24) is 4.98 Å². The first-order valence-electron chi connectivity index (χ1n) is 8.40. The number of benzene rings is 1. The summed E-state index contributed by atoms with van der Waals surface area (Å²) in [4.78, 5) is 31.3. The van der Waals surface area contributed by atoms with Gasteiger partial charge in [-0.1, -0.05) is 6.07 Å². The lowest BCUT2D eigenvalue weighted by Crippen LogP contribution is -2.52. The van der Waals surface area contributed by atoms with Gasteiger partial charge in [-0.25, -0.2) is 14.6 Å². The van der Waals surface area contributed by atoms with Crippen LogP contribution < -0.4 is 9.80 Å². The fourth-order valence-corrected chi connectivity index (χ4v) is 3.16. The summed E-state index contributed by atoms with van der Waals surface area (Å²) >= 11 is 0.